The Morgan fingerprint density at radius 3 is 2.38 bits per heavy atom. The van der Waals surface area contributed by atoms with E-state index in [1.54, 1.807) is 10.8 Å². The predicted molar refractivity (Wildman–Crippen MR) is 82.6 cm³/mol. The molecule has 1 heterocycles. The molecule has 0 aliphatic carbocycles. The molecule has 0 saturated heterocycles. The summed E-state index contributed by atoms with van der Waals surface area (Å²) >= 11 is 0. The van der Waals surface area contributed by atoms with Crippen LogP contribution in [0.4, 0.5) is 0 Å². The van der Waals surface area contributed by atoms with Crippen molar-refractivity contribution in [2.24, 2.45) is 13.0 Å². The number of carbonyl (C=O) groups excluding carboxylic acids is 2. The van der Waals surface area contributed by atoms with Crippen LogP contribution in [0.25, 0.3) is 6.08 Å². The number of hydrogen-bond donors (Lipinski definition) is 2. The summed E-state index contributed by atoms with van der Waals surface area (Å²) in [6.45, 7) is 8.36. The zero-order valence-electron chi connectivity index (χ0n) is 13.4. The number of carbonyl (C=O) groups is 2. The second kappa shape index (κ2) is 7.61. The third kappa shape index (κ3) is 5.06. The molecule has 0 unspecified atom stereocenters. The van der Waals surface area contributed by atoms with Crippen molar-refractivity contribution in [3.05, 3.63) is 23.0 Å². The molecule has 116 valence electrons. The highest BCUT2D eigenvalue weighted by molar-refractivity contribution is 5.92. The molecule has 0 atom stereocenters. The molecule has 0 aliphatic rings. The molecule has 0 spiro atoms. The van der Waals surface area contributed by atoms with E-state index < -0.39 is 0 Å². The normalized spacial score (nSPS) is 11.1. The third-order valence-electron chi connectivity index (χ3n) is 3.21. The van der Waals surface area contributed by atoms with E-state index in [4.69, 9.17) is 0 Å². The summed E-state index contributed by atoms with van der Waals surface area (Å²) in [5, 5.41) is 9.75. The second-order valence-electron chi connectivity index (χ2n) is 5.28. The van der Waals surface area contributed by atoms with Crippen LogP contribution in [-0.4, -0.2) is 34.7 Å². The van der Waals surface area contributed by atoms with Crippen LogP contribution in [0.15, 0.2) is 6.08 Å². The second-order valence-corrected chi connectivity index (χ2v) is 5.28. The molecule has 0 fully saturated rings. The maximum absolute atomic E-state index is 11.7. The van der Waals surface area contributed by atoms with Crippen LogP contribution in [0.5, 0.6) is 0 Å². The first kappa shape index (κ1) is 16.9. The molecule has 0 saturated carbocycles. The van der Waals surface area contributed by atoms with Crippen molar-refractivity contribution in [1.29, 1.82) is 0 Å². The number of rotatable bonds is 6. The van der Waals surface area contributed by atoms with Crippen LogP contribution < -0.4 is 10.6 Å². The van der Waals surface area contributed by atoms with Gasteiger partial charge in [0.1, 0.15) is 0 Å². The van der Waals surface area contributed by atoms with Gasteiger partial charge in [-0.3, -0.25) is 14.3 Å². The van der Waals surface area contributed by atoms with E-state index in [0.717, 1.165) is 17.0 Å². The zero-order chi connectivity index (χ0) is 16.0. The molecular formula is C15H24N4O2. The lowest BCUT2D eigenvalue weighted by Gasteiger charge is -2.07. The Labute approximate surface area is 125 Å². The molecule has 1 rings (SSSR count). The fourth-order valence-electron chi connectivity index (χ4n) is 1.82. The van der Waals surface area contributed by atoms with E-state index >= 15 is 0 Å². The minimum atomic E-state index is -0.184. The molecule has 2 amide bonds. The van der Waals surface area contributed by atoms with E-state index in [1.807, 2.05) is 34.7 Å². The molecule has 21 heavy (non-hydrogen) atoms. The van der Waals surface area contributed by atoms with Gasteiger partial charge in [-0.2, -0.15) is 5.10 Å². The van der Waals surface area contributed by atoms with Crippen LogP contribution in [0.1, 0.15) is 30.8 Å². The van der Waals surface area contributed by atoms with Crippen LogP contribution in [0, 0.1) is 19.8 Å². The van der Waals surface area contributed by atoms with Gasteiger partial charge in [0, 0.05) is 43.4 Å². The third-order valence-corrected chi connectivity index (χ3v) is 3.21. The monoisotopic (exact) mass is 292 g/mol. The predicted octanol–water partition coefficient (Wildman–Crippen LogP) is 0.939. The van der Waals surface area contributed by atoms with Crippen molar-refractivity contribution in [2.45, 2.75) is 27.7 Å². The van der Waals surface area contributed by atoms with Crippen molar-refractivity contribution in [1.82, 2.24) is 20.4 Å². The van der Waals surface area contributed by atoms with Gasteiger partial charge in [0.2, 0.25) is 11.8 Å². The summed E-state index contributed by atoms with van der Waals surface area (Å²) in [4.78, 5) is 23.0. The fourth-order valence-corrected chi connectivity index (χ4v) is 1.82. The molecular weight excluding hydrogens is 268 g/mol. The highest BCUT2D eigenvalue weighted by atomic mass is 16.2. The summed E-state index contributed by atoms with van der Waals surface area (Å²) in [7, 11) is 1.87. The minimum absolute atomic E-state index is 0.0126. The SMILES string of the molecule is Cc1nn(C)c(C)c1/C=C/C(=O)NCCNC(=O)C(C)C. The molecule has 0 aromatic carbocycles. The highest BCUT2D eigenvalue weighted by Crippen LogP contribution is 2.13. The highest BCUT2D eigenvalue weighted by Gasteiger charge is 2.07. The lowest BCUT2D eigenvalue weighted by Crippen LogP contribution is -2.35. The van der Waals surface area contributed by atoms with Crippen molar-refractivity contribution in [2.75, 3.05) is 13.1 Å². The quantitative estimate of drug-likeness (QED) is 0.605. The largest absolute Gasteiger partial charge is 0.354 e. The van der Waals surface area contributed by atoms with Crippen LogP contribution in [-0.2, 0) is 16.6 Å². The summed E-state index contributed by atoms with van der Waals surface area (Å²) in [5.74, 6) is -0.241. The average Bonchev–Trinajstić information content (AvgIpc) is 2.66. The number of aromatic nitrogens is 2. The van der Waals surface area contributed by atoms with Crippen LogP contribution >= 0.6 is 0 Å². The minimum Gasteiger partial charge on any atom is -0.354 e. The van der Waals surface area contributed by atoms with Crippen LogP contribution in [0.3, 0.4) is 0 Å². The van der Waals surface area contributed by atoms with E-state index in [0.29, 0.717) is 13.1 Å². The summed E-state index contributed by atoms with van der Waals surface area (Å²) in [5.41, 5.74) is 2.87. The standard InChI is InChI=1S/C15H24N4O2/c1-10(2)15(21)17-9-8-16-14(20)7-6-13-11(3)18-19(5)12(13)4/h6-7,10H,8-9H2,1-5H3,(H,16,20)(H,17,21)/b7-6+. The smallest absolute Gasteiger partial charge is 0.244 e. The number of amides is 2. The van der Waals surface area contributed by atoms with E-state index in [9.17, 15) is 9.59 Å². The molecule has 6 nitrogen and oxygen atoms in total. The Kier molecular flexibility index (Phi) is 6.14. The van der Waals surface area contributed by atoms with Gasteiger partial charge in [0.15, 0.2) is 0 Å². The van der Waals surface area contributed by atoms with Crippen molar-refractivity contribution in [3.8, 4) is 0 Å². The fraction of sp³-hybridized carbons (Fsp3) is 0.533. The number of hydrogen-bond acceptors (Lipinski definition) is 3. The molecule has 0 bridgehead atoms. The van der Waals surface area contributed by atoms with Crippen LogP contribution in [0.2, 0.25) is 0 Å². The Morgan fingerprint density at radius 2 is 1.86 bits per heavy atom. The topological polar surface area (TPSA) is 76.0 Å². The lowest BCUT2D eigenvalue weighted by atomic mass is 10.2. The van der Waals surface area contributed by atoms with Gasteiger partial charge in [0.25, 0.3) is 0 Å². The Hall–Kier alpha value is -2.11. The van der Waals surface area contributed by atoms with E-state index in [-0.39, 0.29) is 17.7 Å². The first-order valence-electron chi connectivity index (χ1n) is 7.06. The molecule has 1 aromatic rings. The van der Waals surface area contributed by atoms with Gasteiger partial charge in [0.05, 0.1) is 5.69 Å². The molecule has 1 aromatic heterocycles. The van der Waals surface area contributed by atoms with Crippen molar-refractivity contribution in [3.63, 3.8) is 0 Å². The molecule has 0 radical (unpaired) electrons. The number of aryl methyl sites for hydroxylation is 2. The summed E-state index contributed by atoms with van der Waals surface area (Å²) < 4.78 is 1.79. The van der Waals surface area contributed by atoms with Crippen molar-refractivity contribution < 1.29 is 9.59 Å². The lowest BCUT2D eigenvalue weighted by molar-refractivity contribution is -0.124. The van der Waals surface area contributed by atoms with E-state index in [1.165, 1.54) is 6.08 Å². The number of nitrogens with one attached hydrogen (secondary N) is 2. The van der Waals surface area contributed by atoms with Gasteiger partial charge in [-0.15, -0.1) is 0 Å². The summed E-state index contributed by atoms with van der Waals surface area (Å²) in [6, 6.07) is 0. The summed E-state index contributed by atoms with van der Waals surface area (Å²) in [6.07, 6.45) is 3.25. The van der Waals surface area contributed by atoms with Gasteiger partial charge >= 0.3 is 0 Å². The van der Waals surface area contributed by atoms with E-state index in [2.05, 4.69) is 15.7 Å². The first-order chi connectivity index (χ1) is 9.82. The Balaban J connectivity index is 2.40. The Morgan fingerprint density at radius 1 is 1.24 bits per heavy atom. The molecule has 6 heteroatoms. The maximum atomic E-state index is 11.7. The average molecular weight is 292 g/mol. The zero-order valence-corrected chi connectivity index (χ0v) is 13.4. The van der Waals surface area contributed by atoms with Gasteiger partial charge in [-0.25, -0.2) is 0 Å². The Bertz CT molecular complexity index is 544. The molecule has 2 N–H and O–H groups in total. The van der Waals surface area contributed by atoms with Gasteiger partial charge < -0.3 is 10.6 Å². The maximum Gasteiger partial charge on any atom is 0.244 e. The van der Waals surface area contributed by atoms with Gasteiger partial charge in [-0.1, -0.05) is 13.8 Å². The first-order valence-corrected chi connectivity index (χ1v) is 7.06. The molecule has 0 aliphatic heterocycles. The number of nitrogens with zero attached hydrogens (tertiary/aromatic N) is 2. The van der Waals surface area contributed by atoms with Gasteiger partial charge in [-0.05, 0) is 19.9 Å². The van der Waals surface area contributed by atoms with Crippen molar-refractivity contribution >= 4 is 17.9 Å².